The van der Waals surface area contributed by atoms with E-state index < -0.39 is 0 Å². The first-order valence-electron chi connectivity index (χ1n) is 5.89. The number of nitrogens with zero attached hydrogens (tertiary/aromatic N) is 3. The molecular formula is C12H14BrN5O. The number of benzene rings is 1. The average molecular weight is 324 g/mol. The number of hydrogen-bond donors (Lipinski definition) is 2. The van der Waals surface area contributed by atoms with Gasteiger partial charge in [-0.15, -0.1) is 10.2 Å². The number of hydrogen-bond acceptors (Lipinski definition) is 4. The summed E-state index contributed by atoms with van der Waals surface area (Å²) in [6.45, 7) is 2.43. The number of aromatic nitrogens is 4. The van der Waals surface area contributed by atoms with Gasteiger partial charge in [-0.1, -0.05) is 40.2 Å². The molecule has 1 aromatic heterocycles. The van der Waals surface area contributed by atoms with Gasteiger partial charge in [0.15, 0.2) is 5.82 Å². The largest absolute Gasteiger partial charge is 0.355 e. The lowest BCUT2D eigenvalue weighted by Crippen LogP contribution is -2.29. The van der Waals surface area contributed by atoms with E-state index in [1.807, 2.05) is 31.2 Å². The molecule has 0 radical (unpaired) electrons. The van der Waals surface area contributed by atoms with Crippen molar-refractivity contribution in [1.82, 2.24) is 25.9 Å². The lowest BCUT2D eigenvalue weighted by atomic mass is 10.1. The number of tetrazole rings is 1. The molecule has 1 heterocycles. The van der Waals surface area contributed by atoms with Crippen LogP contribution in [0.5, 0.6) is 0 Å². The van der Waals surface area contributed by atoms with E-state index in [-0.39, 0.29) is 11.8 Å². The Bertz CT molecular complexity index is 543. The van der Waals surface area contributed by atoms with Crippen LogP contribution in [-0.2, 0) is 11.2 Å². The van der Waals surface area contributed by atoms with Crippen molar-refractivity contribution in [3.05, 3.63) is 40.1 Å². The maximum absolute atomic E-state index is 11.8. The van der Waals surface area contributed by atoms with Crippen LogP contribution in [0.25, 0.3) is 0 Å². The molecule has 0 fully saturated rings. The molecule has 2 N–H and O–H groups in total. The fraction of sp³-hybridized carbons (Fsp3) is 0.333. The second-order valence-corrected chi connectivity index (χ2v) is 5.20. The second kappa shape index (κ2) is 6.42. The summed E-state index contributed by atoms with van der Waals surface area (Å²) in [4.78, 5) is 11.8. The zero-order valence-corrected chi connectivity index (χ0v) is 12.0. The zero-order valence-electron chi connectivity index (χ0n) is 10.4. The van der Waals surface area contributed by atoms with E-state index in [0.29, 0.717) is 18.8 Å². The number of halogens is 1. The highest BCUT2D eigenvalue weighted by Gasteiger charge is 2.12. The van der Waals surface area contributed by atoms with Crippen LogP contribution in [0.3, 0.4) is 0 Å². The van der Waals surface area contributed by atoms with Gasteiger partial charge in [-0.2, -0.15) is 5.21 Å². The molecule has 0 aliphatic rings. The summed E-state index contributed by atoms with van der Waals surface area (Å²) >= 11 is 3.38. The summed E-state index contributed by atoms with van der Waals surface area (Å²) in [6, 6.07) is 7.70. The highest BCUT2D eigenvalue weighted by molar-refractivity contribution is 9.10. The van der Waals surface area contributed by atoms with Gasteiger partial charge < -0.3 is 5.32 Å². The van der Waals surface area contributed by atoms with Gasteiger partial charge in [0.2, 0.25) is 5.91 Å². The molecule has 7 heteroatoms. The Hall–Kier alpha value is -1.76. The molecule has 19 heavy (non-hydrogen) atoms. The number of amides is 1. The Morgan fingerprint density at radius 3 is 3.05 bits per heavy atom. The Kier molecular flexibility index (Phi) is 4.62. The van der Waals surface area contributed by atoms with Crippen molar-refractivity contribution < 1.29 is 4.79 Å². The quantitative estimate of drug-likeness (QED) is 0.871. The van der Waals surface area contributed by atoms with E-state index in [2.05, 4.69) is 41.9 Å². The van der Waals surface area contributed by atoms with Crippen LogP contribution in [0.15, 0.2) is 28.7 Å². The number of rotatable bonds is 5. The zero-order chi connectivity index (χ0) is 13.7. The molecule has 2 rings (SSSR count). The van der Waals surface area contributed by atoms with Gasteiger partial charge in [-0.25, -0.2) is 0 Å². The number of nitrogens with one attached hydrogen (secondary N) is 2. The van der Waals surface area contributed by atoms with Crippen molar-refractivity contribution in [2.24, 2.45) is 0 Å². The Labute approximate surface area is 119 Å². The molecule has 1 atom stereocenters. The molecule has 0 aliphatic carbocycles. The van der Waals surface area contributed by atoms with E-state index in [0.717, 1.165) is 10.0 Å². The average Bonchev–Trinajstić information content (AvgIpc) is 2.90. The number of carbonyl (C=O) groups is 1. The Morgan fingerprint density at radius 2 is 2.37 bits per heavy atom. The van der Waals surface area contributed by atoms with E-state index >= 15 is 0 Å². The van der Waals surface area contributed by atoms with Crippen LogP contribution in [0.1, 0.15) is 24.2 Å². The summed E-state index contributed by atoms with van der Waals surface area (Å²) in [5.41, 5.74) is 0.971. The summed E-state index contributed by atoms with van der Waals surface area (Å²) in [5, 5.41) is 16.5. The van der Waals surface area contributed by atoms with Gasteiger partial charge >= 0.3 is 0 Å². The number of H-pyrrole nitrogens is 1. The SMILES string of the molecule is CC(CNC(=O)Cc1cccc(Br)c1)c1nn[nH]n1. The summed E-state index contributed by atoms with van der Waals surface area (Å²) in [5.74, 6) is 0.612. The standard InChI is InChI=1S/C12H14BrN5O/c1-8(12-15-17-18-16-12)7-14-11(19)6-9-3-2-4-10(13)5-9/h2-5,8H,6-7H2,1H3,(H,14,19)(H,15,16,17,18). The summed E-state index contributed by atoms with van der Waals surface area (Å²) < 4.78 is 0.970. The maximum atomic E-state index is 11.8. The molecule has 0 bridgehead atoms. The maximum Gasteiger partial charge on any atom is 0.224 e. The summed E-state index contributed by atoms with van der Waals surface area (Å²) in [7, 11) is 0. The lowest BCUT2D eigenvalue weighted by molar-refractivity contribution is -0.120. The molecule has 0 saturated carbocycles. The van der Waals surface area contributed by atoms with Gasteiger partial charge in [0.05, 0.1) is 6.42 Å². The molecule has 6 nitrogen and oxygen atoms in total. The molecule has 1 aromatic carbocycles. The van der Waals surface area contributed by atoms with Crippen LogP contribution in [0.4, 0.5) is 0 Å². The molecule has 100 valence electrons. The van der Waals surface area contributed by atoms with Gasteiger partial charge in [-0.05, 0) is 17.7 Å². The normalized spacial score (nSPS) is 12.1. The Morgan fingerprint density at radius 1 is 1.53 bits per heavy atom. The molecule has 0 saturated heterocycles. The fourth-order valence-corrected chi connectivity index (χ4v) is 2.08. The third-order valence-corrected chi connectivity index (χ3v) is 3.15. The van der Waals surface area contributed by atoms with Crippen molar-refractivity contribution in [2.45, 2.75) is 19.3 Å². The predicted molar refractivity (Wildman–Crippen MR) is 73.4 cm³/mol. The monoisotopic (exact) mass is 323 g/mol. The summed E-state index contributed by atoms with van der Waals surface area (Å²) in [6.07, 6.45) is 0.360. The van der Waals surface area contributed by atoms with E-state index in [1.54, 1.807) is 0 Å². The van der Waals surface area contributed by atoms with Crippen LogP contribution in [-0.4, -0.2) is 33.1 Å². The van der Waals surface area contributed by atoms with Gasteiger partial charge in [0.1, 0.15) is 0 Å². The fourth-order valence-electron chi connectivity index (χ4n) is 1.63. The van der Waals surface area contributed by atoms with E-state index in [4.69, 9.17) is 0 Å². The molecule has 0 aliphatic heterocycles. The van der Waals surface area contributed by atoms with Crippen molar-refractivity contribution in [2.75, 3.05) is 6.54 Å². The molecule has 1 amide bonds. The minimum atomic E-state index is -0.0200. The highest BCUT2D eigenvalue weighted by atomic mass is 79.9. The van der Waals surface area contributed by atoms with Crippen LogP contribution >= 0.6 is 15.9 Å². The topological polar surface area (TPSA) is 83.6 Å². The van der Waals surface area contributed by atoms with Crippen LogP contribution in [0.2, 0.25) is 0 Å². The lowest BCUT2D eigenvalue weighted by Gasteiger charge is -2.09. The molecular weight excluding hydrogens is 310 g/mol. The van der Waals surface area contributed by atoms with Gasteiger partial charge in [0, 0.05) is 16.9 Å². The first kappa shape index (κ1) is 13.7. The van der Waals surface area contributed by atoms with E-state index in [1.165, 1.54) is 0 Å². The third kappa shape index (κ3) is 4.13. The first-order valence-corrected chi connectivity index (χ1v) is 6.69. The van der Waals surface area contributed by atoms with E-state index in [9.17, 15) is 4.79 Å². The minimum Gasteiger partial charge on any atom is -0.355 e. The van der Waals surface area contributed by atoms with Gasteiger partial charge in [0.25, 0.3) is 0 Å². The highest BCUT2D eigenvalue weighted by Crippen LogP contribution is 2.12. The smallest absolute Gasteiger partial charge is 0.224 e. The predicted octanol–water partition coefficient (Wildman–Crippen LogP) is 1.42. The van der Waals surface area contributed by atoms with Crippen molar-refractivity contribution in [3.8, 4) is 0 Å². The minimum absolute atomic E-state index is 0.0200. The van der Waals surface area contributed by atoms with Crippen molar-refractivity contribution in [1.29, 1.82) is 0 Å². The van der Waals surface area contributed by atoms with Crippen molar-refractivity contribution >= 4 is 21.8 Å². The van der Waals surface area contributed by atoms with Crippen LogP contribution in [0, 0.1) is 0 Å². The number of aromatic amines is 1. The number of carbonyl (C=O) groups excluding carboxylic acids is 1. The third-order valence-electron chi connectivity index (χ3n) is 2.66. The molecule has 2 aromatic rings. The first-order chi connectivity index (χ1) is 9.15. The molecule has 0 spiro atoms. The van der Waals surface area contributed by atoms with Gasteiger partial charge in [-0.3, -0.25) is 4.79 Å². The second-order valence-electron chi connectivity index (χ2n) is 4.28. The molecule has 1 unspecified atom stereocenters. The van der Waals surface area contributed by atoms with Crippen molar-refractivity contribution in [3.63, 3.8) is 0 Å². The van der Waals surface area contributed by atoms with Crippen LogP contribution < -0.4 is 5.32 Å². The Balaban J connectivity index is 1.82.